The van der Waals surface area contributed by atoms with Gasteiger partial charge in [-0.25, -0.2) is 0 Å². The number of phenolic OH excluding ortho intramolecular Hbond substituents is 3. The molecule has 20 heavy (non-hydrogen) atoms. The molecule has 0 aliphatic carbocycles. The lowest BCUT2D eigenvalue weighted by molar-refractivity contribution is -0.143. The lowest BCUT2D eigenvalue weighted by Gasteiger charge is -2.23. The van der Waals surface area contributed by atoms with Gasteiger partial charge in [0.15, 0.2) is 11.5 Å². The third kappa shape index (κ3) is 4.03. The average Bonchev–Trinajstić information content (AvgIpc) is 2.31. The molecule has 6 heteroatoms. The van der Waals surface area contributed by atoms with Gasteiger partial charge in [-0.15, -0.1) is 0 Å². The monoisotopic (exact) mass is 283 g/mol. The predicted molar refractivity (Wildman–Crippen MR) is 73.8 cm³/mol. The minimum Gasteiger partial charge on any atom is -0.508 e. The maximum atomic E-state index is 10.9. The molecule has 0 spiro atoms. The number of hydrogen-bond donors (Lipinski definition) is 5. The first-order valence-corrected chi connectivity index (χ1v) is 6.39. The van der Waals surface area contributed by atoms with E-state index in [0.29, 0.717) is 24.8 Å². The molecule has 0 amide bonds. The fourth-order valence-electron chi connectivity index (χ4n) is 2.17. The quantitative estimate of drug-likeness (QED) is 0.398. The first-order valence-electron chi connectivity index (χ1n) is 6.39. The molecule has 6 nitrogen and oxygen atoms in total. The molecular weight excluding hydrogens is 262 g/mol. The van der Waals surface area contributed by atoms with E-state index in [9.17, 15) is 20.1 Å². The summed E-state index contributed by atoms with van der Waals surface area (Å²) in [6.07, 6.45) is 1.29. The molecule has 2 unspecified atom stereocenters. The number of benzene rings is 1. The number of aliphatic carboxylic acids is 1. The molecule has 0 aliphatic rings. The number of aryl methyl sites for hydroxylation is 1. The van der Waals surface area contributed by atoms with Crippen LogP contribution >= 0.6 is 0 Å². The molecule has 112 valence electrons. The summed E-state index contributed by atoms with van der Waals surface area (Å²) in [6, 6.07) is 2.43. The maximum absolute atomic E-state index is 10.9. The molecule has 1 rings (SSSR count). The predicted octanol–water partition coefficient (Wildman–Crippen LogP) is 1.56. The van der Waals surface area contributed by atoms with Crippen LogP contribution in [0.2, 0.25) is 0 Å². The fourth-order valence-corrected chi connectivity index (χ4v) is 2.17. The van der Waals surface area contributed by atoms with E-state index in [1.165, 1.54) is 13.0 Å². The topological polar surface area (TPSA) is 124 Å². The van der Waals surface area contributed by atoms with Crippen LogP contribution in [0.15, 0.2) is 12.1 Å². The van der Waals surface area contributed by atoms with Crippen LogP contribution in [-0.2, 0) is 11.2 Å². The van der Waals surface area contributed by atoms with E-state index in [-0.39, 0.29) is 23.2 Å². The summed E-state index contributed by atoms with van der Waals surface area (Å²) in [6.45, 7) is 3.33. The molecule has 2 atom stereocenters. The molecule has 0 saturated carbocycles. The molecule has 0 heterocycles. The van der Waals surface area contributed by atoms with Crippen LogP contribution in [0.5, 0.6) is 17.2 Å². The number of hydrogen-bond acceptors (Lipinski definition) is 5. The highest BCUT2D eigenvalue weighted by Crippen LogP contribution is 2.34. The van der Waals surface area contributed by atoms with Crippen LogP contribution < -0.4 is 5.73 Å². The van der Waals surface area contributed by atoms with Crippen LogP contribution in [-0.4, -0.2) is 31.9 Å². The Labute approximate surface area is 117 Å². The van der Waals surface area contributed by atoms with Gasteiger partial charge in [0, 0.05) is 11.6 Å². The normalized spacial score (nSPS) is 15.6. The minimum atomic E-state index is -1.29. The summed E-state index contributed by atoms with van der Waals surface area (Å²) < 4.78 is 0. The van der Waals surface area contributed by atoms with E-state index in [2.05, 4.69) is 0 Å². The molecule has 0 aromatic heterocycles. The second-order valence-corrected chi connectivity index (χ2v) is 5.54. The van der Waals surface area contributed by atoms with Crippen molar-refractivity contribution in [1.82, 2.24) is 0 Å². The van der Waals surface area contributed by atoms with E-state index < -0.39 is 11.5 Å². The van der Waals surface area contributed by atoms with Crippen molar-refractivity contribution in [3.05, 3.63) is 17.7 Å². The third-order valence-corrected chi connectivity index (χ3v) is 3.32. The van der Waals surface area contributed by atoms with Crippen molar-refractivity contribution in [2.24, 2.45) is 11.7 Å². The van der Waals surface area contributed by atoms with Crippen molar-refractivity contribution in [3.63, 3.8) is 0 Å². The number of rotatable bonds is 6. The van der Waals surface area contributed by atoms with E-state index in [1.807, 2.05) is 6.92 Å². The number of carboxylic acids is 1. The zero-order valence-electron chi connectivity index (χ0n) is 11.6. The van der Waals surface area contributed by atoms with Crippen LogP contribution in [0, 0.1) is 5.92 Å². The minimum absolute atomic E-state index is 0.0185. The highest BCUT2D eigenvalue weighted by molar-refractivity contribution is 5.77. The van der Waals surface area contributed by atoms with Gasteiger partial charge in [0.2, 0.25) is 0 Å². The smallest absolute Gasteiger partial charge is 0.323 e. The summed E-state index contributed by atoms with van der Waals surface area (Å²) in [7, 11) is 0. The Hall–Kier alpha value is -1.95. The number of phenols is 3. The van der Waals surface area contributed by atoms with Gasteiger partial charge in [-0.1, -0.05) is 6.92 Å². The summed E-state index contributed by atoms with van der Waals surface area (Å²) in [5.74, 6) is -1.80. The van der Waals surface area contributed by atoms with Crippen LogP contribution in [0.3, 0.4) is 0 Å². The Balaban J connectivity index is 2.66. The number of nitrogens with two attached hydrogens (primary N) is 1. The number of carbonyl (C=O) groups is 1. The SMILES string of the molecule is CC(CCc1cc(O)cc(O)c1O)CC(C)(N)C(=O)O. The van der Waals surface area contributed by atoms with Gasteiger partial charge in [-0.2, -0.15) is 0 Å². The second kappa shape index (κ2) is 6.00. The average molecular weight is 283 g/mol. The first kappa shape index (κ1) is 16.1. The van der Waals surface area contributed by atoms with Gasteiger partial charge < -0.3 is 26.2 Å². The molecule has 6 N–H and O–H groups in total. The summed E-state index contributed by atoms with van der Waals surface area (Å²) in [5, 5.41) is 37.4. The number of carboxylic acid groups (broad SMARTS) is 1. The Morgan fingerprint density at radius 3 is 2.50 bits per heavy atom. The molecule has 0 radical (unpaired) electrons. The van der Waals surface area contributed by atoms with Gasteiger partial charge in [-0.05, 0) is 38.2 Å². The summed E-state index contributed by atoms with van der Waals surface area (Å²) in [5.41, 5.74) is 4.81. The molecular formula is C14H21NO5. The third-order valence-electron chi connectivity index (χ3n) is 3.32. The standard InChI is InChI=1S/C14H21NO5/c1-8(7-14(2,15)13(19)20)3-4-9-5-10(16)6-11(17)12(9)18/h5-6,8,16-18H,3-4,7,15H2,1-2H3,(H,19,20). The lowest BCUT2D eigenvalue weighted by Crippen LogP contribution is -2.46. The molecule has 0 fully saturated rings. The Kier molecular flexibility index (Phi) is 4.83. The Morgan fingerprint density at radius 2 is 1.95 bits per heavy atom. The molecule has 0 bridgehead atoms. The second-order valence-electron chi connectivity index (χ2n) is 5.54. The van der Waals surface area contributed by atoms with Crippen molar-refractivity contribution in [2.75, 3.05) is 0 Å². The highest BCUT2D eigenvalue weighted by Gasteiger charge is 2.29. The van der Waals surface area contributed by atoms with Crippen LogP contribution in [0.1, 0.15) is 32.3 Å². The van der Waals surface area contributed by atoms with Crippen molar-refractivity contribution >= 4 is 5.97 Å². The van der Waals surface area contributed by atoms with Gasteiger partial charge in [0.1, 0.15) is 11.3 Å². The van der Waals surface area contributed by atoms with Crippen molar-refractivity contribution in [1.29, 1.82) is 0 Å². The van der Waals surface area contributed by atoms with Gasteiger partial charge in [-0.3, -0.25) is 4.79 Å². The van der Waals surface area contributed by atoms with Gasteiger partial charge >= 0.3 is 5.97 Å². The first-order chi connectivity index (χ1) is 9.13. The lowest BCUT2D eigenvalue weighted by atomic mass is 9.87. The molecule has 1 aromatic carbocycles. The summed E-state index contributed by atoms with van der Waals surface area (Å²) >= 11 is 0. The maximum Gasteiger partial charge on any atom is 0.323 e. The zero-order chi connectivity index (χ0) is 15.5. The fraction of sp³-hybridized carbons (Fsp3) is 0.500. The zero-order valence-corrected chi connectivity index (χ0v) is 11.6. The largest absolute Gasteiger partial charge is 0.508 e. The Morgan fingerprint density at radius 1 is 1.35 bits per heavy atom. The highest BCUT2D eigenvalue weighted by atomic mass is 16.4. The molecule has 0 saturated heterocycles. The van der Waals surface area contributed by atoms with E-state index in [1.54, 1.807) is 0 Å². The van der Waals surface area contributed by atoms with E-state index in [4.69, 9.17) is 10.8 Å². The van der Waals surface area contributed by atoms with Crippen LogP contribution in [0.25, 0.3) is 0 Å². The van der Waals surface area contributed by atoms with Crippen molar-refractivity contribution in [3.8, 4) is 17.2 Å². The van der Waals surface area contributed by atoms with E-state index >= 15 is 0 Å². The molecule has 1 aromatic rings. The molecule has 0 aliphatic heterocycles. The van der Waals surface area contributed by atoms with Gasteiger partial charge in [0.25, 0.3) is 0 Å². The summed E-state index contributed by atoms with van der Waals surface area (Å²) in [4.78, 5) is 10.9. The number of aromatic hydroxyl groups is 3. The van der Waals surface area contributed by atoms with E-state index in [0.717, 1.165) is 6.07 Å². The van der Waals surface area contributed by atoms with Crippen LogP contribution in [0.4, 0.5) is 0 Å². The Bertz CT molecular complexity index is 499. The van der Waals surface area contributed by atoms with Crippen molar-refractivity contribution in [2.45, 2.75) is 38.6 Å². The van der Waals surface area contributed by atoms with Gasteiger partial charge in [0.05, 0.1) is 0 Å². The van der Waals surface area contributed by atoms with Crippen molar-refractivity contribution < 1.29 is 25.2 Å².